The number of halogens is 1. The first-order valence-corrected chi connectivity index (χ1v) is 7.03. The Kier molecular flexibility index (Phi) is 4.98. The lowest BCUT2D eigenvalue weighted by Gasteiger charge is -2.27. The van der Waals surface area contributed by atoms with Gasteiger partial charge in [0.15, 0.2) is 5.78 Å². The van der Waals surface area contributed by atoms with Crippen molar-refractivity contribution in [2.75, 3.05) is 14.2 Å². The fourth-order valence-corrected chi connectivity index (χ4v) is 2.69. The number of esters is 2. The van der Waals surface area contributed by atoms with E-state index in [9.17, 15) is 14.4 Å². The first-order valence-electron chi connectivity index (χ1n) is 6.65. The van der Waals surface area contributed by atoms with Crippen LogP contribution in [0.1, 0.15) is 17.9 Å². The van der Waals surface area contributed by atoms with Crippen molar-refractivity contribution in [2.24, 2.45) is 5.92 Å². The summed E-state index contributed by atoms with van der Waals surface area (Å²) in [4.78, 5) is 36.2. The van der Waals surface area contributed by atoms with Gasteiger partial charge in [-0.25, -0.2) is 4.79 Å². The maximum absolute atomic E-state index is 12.5. The van der Waals surface area contributed by atoms with E-state index >= 15 is 0 Å². The molecule has 0 saturated carbocycles. The van der Waals surface area contributed by atoms with Gasteiger partial charge in [-0.1, -0.05) is 29.8 Å². The average Bonchev–Trinajstić information content (AvgIpc) is 2.54. The number of ketones is 1. The quantitative estimate of drug-likeness (QED) is 0.485. The van der Waals surface area contributed by atoms with Crippen molar-refractivity contribution in [3.05, 3.63) is 46.5 Å². The molecule has 0 amide bonds. The minimum Gasteiger partial charge on any atom is -0.468 e. The third kappa shape index (κ3) is 3.04. The number of allylic oxidation sites excluding steroid dienone is 1. The standard InChI is InChI=1S/C16H15ClO5/c1-21-15(19)12-8-7-11(9-3-5-10(17)6-4-9)13(14(12)18)16(20)22-2/h3-6,8,11,13H,7H2,1-2H3/t11-,13?/m0/s1. The van der Waals surface area contributed by atoms with Gasteiger partial charge in [0.25, 0.3) is 0 Å². The highest BCUT2D eigenvalue weighted by Crippen LogP contribution is 2.36. The van der Waals surface area contributed by atoms with E-state index < -0.39 is 29.6 Å². The Morgan fingerprint density at radius 3 is 2.32 bits per heavy atom. The molecule has 22 heavy (non-hydrogen) atoms. The molecule has 0 heterocycles. The van der Waals surface area contributed by atoms with Crippen molar-refractivity contribution in [1.29, 1.82) is 0 Å². The smallest absolute Gasteiger partial charge is 0.341 e. The molecule has 1 unspecified atom stereocenters. The Morgan fingerprint density at radius 2 is 1.77 bits per heavy atom. The van der Waals surface area contributed by atoms with Gasteiger partial charge in [-0.15, -0.1) is 0 Å². The summed E-state index contributed by atoms with van der Waals surface area (Å²) in [5.41, 5.74) is 0.677. The monoisotopic (exact) mass is 322 g/mol. The average molecular weight is 323 g/mol. The topological polar surface area (TPSA) is 69.7 Å². The summed E-state index contributed by atoms with van der Waals surface area (Å²) < 4.78 is 9.31. The van der Waals surface area contributed by atoms with Crippen LogP contribution in [0.25, 0.3) is 0 Å². The molecule has 0 saturated heterocycles. The Labute approximate surface area is 132 Å². The molecule has 0 aromatic heterocycles. The molecule has 0 radical (unpaired) electrons. The maximum atomic E-state index is 12.5. The minimum absolute atomic E-state index is 0.108. The third-order valence-corrected chi connectivity index (χ3v) is 3.94. The lowest BCUT2D eigenvalue weighted by molar-refractivity contribution is -0.150. The van der Waals surface area contributed by atoms with Crippen molar-refractivity contribution in [2.45, 2.75) is 12.3 Å². The molecular weight excluding hydrogens is 308 g/mol. The Balaban J connectivity index is 2.42. The van der Waals surface area contributed by atoms with Crippen LogP contribution in [-0.4, -0.2) is 31.9 Å². The van der Waals surface area contributed by atoms with E-state index in [2.05, 4.69) is 4.74 Å². The molecule has 0 bridgehead atoms. The van der Waals surface area contributed by atoms with Crippen LogP contribution in [0.15, 0.2) is 35.9 Å². The molecule has 2 atom stereocenters. The van der Waals surface area contributed by atoms with Crippen LogP contribution in [0.2, 0.25) is 5.02 Å². The number of ether oxygens (including phenoxy) is 2. The van der Waals surface area contributed by atoms with Gasteiger partial charge in [0.05, 0.1) is 19.8 Å². The molecule has 0 spiro atoms. The minimum atomic E-state index is -1.06. The Morgan fingerprint density at radius 1 is 1.14 bits per heavy atom. The Hall–Kier alpha value is -2.14. The van der Waals surface area contributed by atoms with E-state index in [1.54, 1.807) is 24.3 Å². The summed E-state index contributed by atoms with van der Waals surface area (Å²) >= 11 is 5.86. The highest BCUT2D eigenvalue weighted by atomic mass is 35.5. The zero-order valence-electron chi connectivity index (χ0n) is 12.2. The lowest BCUT2D eigenvalue weighted by Crippen LogP contribution is -2.37. The third-order valence-electron chi connectivity index (χ3n) is 3.68. The van der Waals surface area contributed by atoms with E-state index in [1.807, 2.05) is 0 Å². The summed E-state index contributed by atoms with van der Waals surface area (Å²) in [5, 5.41) is 0.561. The van der Waals surface area contributed by atoms with Gasteiger partial charge in [-0.05, 0) is 24.1 Å². The first-order chi connectivity index (χ1) is 10.5. The second-order valence-corrected chi connectivity index (χ2v) is 5.30. The number of Topliss-reactive ketones (excluding diaryl/α,β-unsaturated/α-hetero) is 1. The number of carbonyl (C=O) groups is 3. The molecule has 0 aliphatic heterocycles. The van der Waals surface area contributed by atoms with E-state index in [4.69, 9.17) is 16.3 Å². The lowest BCUT2D eigenvalue weighted by atomic mass is 9.75. The second-order valence-electron chi connectivity index (χ2n) is 4.87. The highest BCUT2D eigenvalue weighted by Gasteiger charge is 2.42. The van der Waals surface area contributed by atoms with Gasteiger partial charge >= 0.3 is 11.9 Å². The van der Waals surface area contributed by atoms with Gasteiger partial charge in [-0.2, -0.15) is 0 Å². The maximum Gasteiger partial charge on any atom is 0.341 e. The molecule has 1 aliphatic carbocycles. The molecule has 1 aliphatic rings. The van der Waals surface area contributed by atoms with Gasteiger partial charge in [0.1, 0.15) is 5.92 Å². The van der Waals surface area contributed by atoms with Gasteiger partial charge in [0.2, 0.25) is 0 Å². The molecule has 5 nitrogen and oxygen atoms in total. The zero-order valence-corrected chi connectivity index (χ0v) is 12.9. The summed E-state index contributed by atoms with van der Waals surface area (Å²) in [6.45, 7) is 0. The zero-order chi connectivity index (χ0) is 16.3. The van der Waals surface area contributed by atoms with E-state index in [0.29, 0.717) is 11.4 Å². The molecule has 0 N–H and O–H groups in total. The summed E-state index contributed by atoms with van der Waals surface area (Å²) in [6, 6.07) is 6.89. The van der Waals surface area contributed by atoms with Crippen molar-refractivity contribution >= 4 is 29.3 Å². The molecule has 116 valence electrons. The van der Waals surface area contributed by atoms with Gasteiger partial charge in [-0.3, -0.25) is 9.59 Å². The number of methoxy groups -OCH3 is 2. The van der Waals surface area contributed by atoms with Crippen molar-refractivity contribution in [3.8, 4) is 0 Å². The predicted molar refractivity (Wildman–Crippen MR) is 79.4 cm³/mol. The first kappa shape index (κ1) is 16.2. The van der Waals surface area contributed by atoms with E-state index in [1.165, 1.54) is 20.3 Å². The second kappa shape index (κ2) is 6.75. The number of hydrogen-bond acceptors (Lipinski definition) is 5. The molecular formula is C16H15ClO5. The number of hydrogen-bond donors (Lipinski definition) is 0. The van der Waals surface area contributed by atoms with Crippen molar-refractivity contribution in [1.82, 2.24) is 0 Å². The van der Waals surface area contributed by atoms with Gasteiger partial charge < -0.3 is 9.47 Å². The van der Waals surface area contributed by atoms with E-state index in [-0.39, 0.29) is 5.57 Å². The van der Waals surface area contributed by atoms with Crippen LogP contribution in [0.3, 0.4) is 0 Å². The van der Waals surface area contributed by atoms with E-state index in [0.717, 1.165) is 5.56 Å². The van der Waals surface area contributed by atoms with Crippen LogP contribution in [0.4, 0.5) is 0 Å². The highest BCUT2D eigenvalue weighted by molar-refractivity contribution is 6.30. The van der Waals surface area contributed by atoms with Crippen LogP contribution in [0.5, 0.6) is 0 Å². The SMILES string of the molecule is COC(=O)C1=CC[C@@H](c2ccc(Cl)cc2)C(C(=O)OC)C1=O. The van der Waals surface area contributed by atoms with Crippen molar-refractivity contribution in [3.63, 3.8) is 0 Å². The molecule has 0 fully saturated rings. The molecule has 1 aromatic rings. The van der Waals surface area contributed by atoms with Crippen LogP contribution in [-0.2, 0) is 23.9 Å². The largest absolute Gasteiger partial charge is 0.468 e. The number of rotatable bonds is 3. The fraction of sp³-hybridized carbons (Fsp3) is 0.312. The number of carbonyl (C=O) groups excluding carboxylic acids is 3. The Bertz CT molecular complexity index is 632. The molecule has 1 aromatic carbocycles. The predicted octanol–water partition coefficient (Wildman–Crippen LogP) is 2.29. The van der Waals surface area contributed by atoms with Crippen LogP contribution >= 0.6 is 11.6 Å². The van der Waals surface area contributed by atoms with Gasteiger partial charge in [0, 0.05) is 10.9 Å². The fourth-order valence-electron chi connectivity index (χ4n) is 2.56. The summed E-state index contributed by atoms with van der Waals surface area (Å²) in [6.07, 6.45) is 1.87. The van der Waals surface area contributed by atoms with Crippen molar-refractivity contribution < 1.29 is 23.9 Å². The van der Waals surface area contributed by atoms with Crippen LogP contribution in [0, 0.1) is 5.92 Å². The normalized spacial score (nSPS) is 21.0. The van der Waals surface area contributed by atoms with Crippen LogP contribution < -0.4 is 0 Å². The summed E-state index contributed by atoms with van der Waals surface area (Å²) in [5.74, 6) is -3.45. The molecule has 2 rings (SSSR count). The number of benzene rings is 1. The summed E-state index contributed by atoms with van der Waals surface area (Å²) in [7, 11) is 2.40. The molecule has 6 heteroatoms.